The Labute approximate surface area is 204 Å². The van der Waals surface area contributed by atoms with Gasteiger partial charge in [-0.25, -0.2) is 0 Å². The van der Waals surface area contributed by atoms with Crippen LogP contribution >= 0.6 is 0 Å². The molecule has 0 aromatic heterocycles. The summed E-state index contributed by atoms with van der Waals surface area (Å²) < 4.78 is 6.90. The zero-order chi connectivity index (χ0) is 23.8. The molecule has 1 heterocycles. The molecule has 3 nitrogen and oxygen atoms in total. The Kier molecular flexibility index (Phi) is 5.80. The summed E-state index contributed by atoms with van der Waals surface area (Å²) in [7, 11) is -1.72. The van der Waals surface area contributed by atoms with Crippen molar-refractivity contribution >= 4 is 14.2 Å². The molecule has 0 spiro atoms. The second-order valence-electron chi connectivity index (χ2n) is 14.5. The van der Waals surface area contributed by atoms with Gasteiger partial charge in [-0.1, -0.05) is 46.3 Å². The van der Waals surface area contributed by atoms with Crippen molar-refractivity contribution in [1.82, 2.24) is 5.32 Å². The second-order valence-corrected chi connectivity index (χ2v) is 19.3. The standard InChI is InChI=1S/C29H49NO2Si/c1-27(2,3)33(6,7)32-21-12-14-28(4)20(17-21)8-9-22-24-11-10-23(19-16-26(31)30-18-19)29(24,5)15-13-25(22)28/h8,19,21-25H,9-18H2,1-7H3,(H,30,31)/t19?,21?,22-,23?,24-,25-,28-,29+/m0/s1. The highest BCUT2D eigenvalue weighted by Crippen LogP contribution is 2.67. The van der Waals surface area contributed by atoms with Crippen LogP contribution in [0.15, 0.2) is 11.6 Å². The third-order valence-corrected chi connectivity index (χ3v) is 16.5. The largest absolute Gasteiger partial charge is 0.414 e. The normalized spacial score (nSPS) is 45.7. The lowest BCUT2D eigenvalue weighted by atomic mass is 9.47. The summed E-state index contributed by atoms with van der Waals surface area (Å²) >= 11 is 0. The molecule has 1 aliphatic heterocycles. The predicted molar refractivity (Wildman–Crippen MR) is 138 cm³/mol. The van der Waals surface area contributed by atoms with E-state index in [0.29, 0.717) is 22.9 Å². The number of amides is 1. The highest BCUT2D eigenvalue weighted by molar-refractivity contribution is 6.74. The topological polar surface area (TPSA) is 38.3 Å². The van der Waals surface area contributed by atoms with Crippen LogP contribution in [0, 0.1) is 40.4 Å². The van der Waals surface area contributed by atoms with E-state index < -0.39 is 8.32 Å². The van der Waals surface area contributed by atoms with Gasteiger partial charge < -0.3 is 9.74 Å². The molecule has 3 unspecified atom stereocenters. The average molecular weight is 472 g/mol. The van der Waals surface area contributed by atoms with Gasteiger partial charge in [0.2, 0.25) is 5.91 Å². The van der Waals surface area contributed by atoms with Crippen molar-refractivity contribution in [3.05, 3.63) is 11.6 Å². The Morgan fingerprint density at radius 2 is 1.73 bits per heavy atom. The lowest BCUT2D eigenvalue weighted by Gasteiger charge is -2.59. The molecule has 1 amide bonds. The van der Waals surface area contributed by atoms with Gasteiger partial charge in [0.15, 0.2) is 8.32 Å². The van der Waals surface area contributed by atoms with Gasteiger partial charge in [0.25, 0.3) is 0 Å². The molecule has 4 fully saturated rings. The Balaban J connectivity index is 1.32. The molecular weight excluding hydrogens is 422 g/mol. The van der Waals surface area contributed by atoms with Gasteiger partial charge in [-0.2, -0.15) is 0 Å². The molecular formula is C29H49NO2Si. The van der Waals surface area contributed by atoms with E-state index in [1.165, 1.54) is 51.4 Å². The minimum atomic E-state index is -1.72. The van der Waals surface area contributed by atoms with E-state index in [1.54, 1.807) is 5.57 Å². The number of carbonyl (C=O) groups is 1. The number of rotatable bonds is 3. The summed E-state index contributed by atoms with van der Waals surface area (Å²) in [4.78, 5) is 11.9. The molecule has 0 aromatic rings. The molecule has 4 heteroatoms. The van der Waals surface area contributed by atoms with Crippen molar-refractivity contribution in [3.63, 3.8) is 0 Å². The van der Waals surface area contributed by atoms with E-state index in [-0.39, 0.29) is 10.9 Å². The maximum absolute atomic E-state index is 11.9. The maximum Gasteiger partial charge on any atom is 0.220 e. The molecule has 8 atom stereocenters. The first-order valence-corrected chi connectivity index (χ1v) is 16.9. The van der Waals surface area contributed by atoms with Crippen LogP contribution in [0.25, 0.3) is 0 Å². The molecule has 33 heavy (non-hydrogen) atoms. The minimum Gasteiger partial charge on any atom is -0.414 e. The maximum atomic E-state index is 11.9. The van der Waals surface area contributed by atoms with Crippen LogP contribution in [-0.4, -0.2) is 26.9 Å². The SMILES string of the molecule is CC(C)(C)[Si](C)(C)OC1CC[C@@]2(C)C(=CC[C@@H]3[C@@H]2CC[C@]2(C)C(C4CNC(=O)C4)CC[C@@H]32)C1. The molecule has 186 valence electrons. The van der Waals surface area contributed by atoms with Crippen molar-refractivity contribution in [2.45, 2.75) is 117 Å². The van der Waals surface area contributed by atoms with E-state index in [2.05, 4.69) is 59.1 Å². The van der Waals surface area contributed by atoms with Gasteiger partial charge in [-0.05, 0) is 110 Å². The third kappa shape index (κ3) is 3.81. The second kappa shape index (κ2) is 7.95. The van der Waals surface area contributed by atoms with Crippen LogP contribution in [0.2, 0.25) is 18.1 Å². The zero-order valence-corrected chi connectivity index (χ0v) is 23.4. The van der Waals surface area contributed by atoms with Crippen LogP contribution in [-0.2, 0) is 9.22 Å². The molecule has 0 radical (unpaired) electrons. The fourth-order valence-corrected chi connectivity index (χ4v) is 10.4. The number of hydrogen-bond donors (Lipinski definition) is 1. The molecule has 3 saturated carbocycles. The van der Waals surface area contributed by atoms with Gasteiger partial charge in [0.05, 0.1) is 0 Å². The number of allylic oxidation sites excluding steroid dienone is 1. The summed E-state index contributed by atoms with van der Waals surface area (Å²) in [6, 6.07) is 0. The Hall–Kier alpha value is -0.613. The van der Waals surface area contributed by atoms with Crippen molar-refractivity contribution in [2.75, 3.05) is 6.54 Å². The summed E-state index contributed by atoms with van der Waals surface area (Å²) in [5.41, 5.74) is 2.57. The van der Waals surface area contributed by atoms with E-state index >= 15 is 0 Å². The van der Waals surface area contributed by atoms with Gasteiger partial charge in [0, 0.05) is 19.1 Å². The fraction of sp³-hybridized carbons (Fsp3) is 0.897. The summed E-state index contributed by atoms with van der Waals surface area (Å²) in [6.45, 7) is 18.1. The fourth-order valence-electron chi connectivity index (χ4n) is 9.05. The molecule has 1 saturated heterocycles. The average Bonchev–Trinajstić information content (AvgIpc) is 3.29. The van der Waals surface area contributed by atoms with Crippen molar-refractivity contribution < 1.29 is 9.22 Å². The first kappa shape index (κ1) is 24.1. The molecule has 5 aliphatic rings. The van der Waals surface area contributed by atoms with Gasteiger partial charge in [-0.15, -0.1) is 0 Å². The highest BCUT2D eigenvalue weighted by Gasteiger charge is 2.60. The predicted octanol–water partition coefficient (Wildman–Crippen LogP) is 7.09. The minimum absolute atomic E-state index is 0.284. The monoisotopic (exact) mass is 471 g/mol. The number of carbonyl (C=O) groups excluding carboxylic acids is 1. The van der Waals surface area contributed by atoms with Crippen LogP contribution in [0.3, 0.4) is 0 Å². The van der Waals surface area contributed by atoms with Crippen LogP contribution in [0.4, 0.5) is 0 Å². The van der Waals surface area contributed by atoms with E-state index in [0.717, 1.165) is 36.6 Å². The zero-order valence-electron chi connectivity index (χ0n) is 22.4. The van der Waals surface area contributed by atoms with Gasteiger partial charge in [-0.3, -0.25) is 4.79 Å². The first-order chi connectivity index (χ1) is 15.3. The van der Waals surface area contributed by atoms with E-state index in [1.807, 2.05) is 0 Å². The number of nitrogens with one attached hydrogen (secondary N) is 1. The van der Waals surface area contributed by atoms with Gasteiger partial charge in [0.1, 0.15) is 0 Å². The quantitative estimate of drug-likeness (QED) is 0.352. The lowest BCUT2D eigenvalue weighted by molar-refractivity contribution is -0.119. The Morgan fingerprint density at radius 1 is 1.00 bits per heavy atom. The van der Waals surface area contributed by atoms with E-state index in [4.69, 9.17) is 4.43 Å². The number of hydrogen-bond acceptors (Lipinski definition) is 2. The molecule has 5 rings (SSSR count). The van der Waals surface area contributed by atoms with Crippen molar-refractivity contribution in [3.8, 4) is 0 Å². The summed E-state index contributed by atoms with van der Waals surface area (Å²) in [5.74, 6) is 4.17. The molecule has 4 aliphatic carbocycles. The first-order valence-electron chi connectivity index (χ1n) is 14.0. The molecule has 0 bridgehead atoms. The molecule has 0 aromatic carbocycles. The van der Waals surface area contributed by atoms with Gasteiger partial charge >= 0.3 is 0 Å². The van der Waals surface area contributed by atoms with Crippen LogP contribution < -0.4 is 5.32 Å². The highest BCUT2D eigenvalue weighted by atomic mass is 28.4. The lowest BCUT2D eigenvalue weighted by Crippen LogP contribution is -2.52. The molecule has 1 N–H and O–H groups in total. The Bertz CT molecular complexity index is 828. The van der Waals surface area contributed by atoms with Crippen LogP contribution in [0.1, 0.15) is 92.4 Å². The van der Waals surface area contributed by atoms with Crippen molar-refractivity contribution in [2.24, 2.45) is 40.4 Å². The van der Waals surface area contributed by atoms with E-state index in [9.17, 15) is 4.79 Å². The third-order valence-electron chi connectivity index (χ3n) is 12.0. The summed E-state index contributed by atoms with van der Waals surface area (Å²) in [6.07, 6.45) is 14.4. The van der Waals surface area contributed by atoms with Crippen molar-refractivity contribution in [1.29, 1.82) is 0 Å². The summed E-state index contributed by atoms with van der Waals surface area (Å²) in [5, 5.41) is 3.41. The Morgan fingerprint density at radius 3 is 2.39 bits per heavy atom. The smallest absolute Gasteiger partial charge is 0.220 e. The van der Waals surface area contributed by atoms with Crippen LogP contribution in [0.5, 0.6) is 0 Å². The number of fused-ring (bicyclic) bond motifs is 5.